The monoisotopic (exact) mass is 289 g/mol. The van der Waals surface area contributed by atoms with E-state index in [4.69, 9.17) is 0 Å². The molecule has 1 heterocycles. The molecule has 0 aliphatic heterocycles. The first-order chi connectivity index (χ1) is 9.52. The van der Waals surface area contributed by atoms with Crippen LogP contribution in [0.4, 0.5) is 0 Å². The van der Waals surface area contributed by atoms with E-state index in [2.05, 4.69) is 66.9 Å². The van der Waals surface area contributed by atoms with Gasteiger partial charge in [0, 0.05) is 12.1 Å². The summed E-state index contributed by atoms with van der Waals surface area (Å²) < 4.78 is 4.10. The molecule has 0 aliphatic rings. The number of rotatable bonds is 5. The van der Waals surface area contributed by atoms with Crippen LogP contribution in [0.15, 0.2) is 24.3 Å². The Morgan fingerprint density at radius 3 is 2.45 bits per heavy atom. The second kappa shape index (κ2) is 6.46. The van der Waals surface area contributed by atoms with Gasteiger partial charge >= 0.3 is 0 Å². The highest BCUT2D eigenvalue weighted by Gasteiger charge is 2.15. The van der Waals surface area contributed by atoms with Crippen molar-refractivity contribution in [2.45, 2.75) is 46.1 Å². The summed E-state index contributed by atoms with van der Waals surface area (Å²) in [6.07, 6.45) is 1.14. The van der Waals surface area contributed by atoms with Crippen LogP contribution in [0, 0.1) is 0 Å². The van der Waals surface area contributed by atoms with Gasteiger partial charge in [0.15, 0.2) is 0 Å². The van der Waals surface area contributed by atoms with Gasteiger partial charge in [-0.05, 0) is 35.5 Å². The van der Waals surface area contributed by atoms with Crippen LogP contribution in [0.2, 0.25) is 0 Å². The zero-order valence-corrected chi connectivity index (χ0v) is 13.5. The molecule has 1 aromatic heterocycles. The fraction of sp³-hybridized carbons (Fsp3) is 0.500. The largest absolute Gasteiger partial charge is 0.312 e. The van der Waals surface area contributed by atoms with Crippen molar-refractivity contribution in [1.29, 1.82) is 0 Å². The molecule has 108 valence electrons. The highest BCUT2D eigenvalue weighted by molar-refractivity contribution is 7.05. The maximum Gasteiger partial charge on any atom is 0.110 e. The number of hydrogen-bond donors (Lipinski definition) is 1. The number of hydrogen-bond acceptors (Lipinski definition) is 4. The van der Waals surface area contributed by atoms with E-state index < -0.39 is 0 Å². The predicted molar refractivity (Wildman–Crippen MR) is 86.0 cm³/mol. The lowest BCUT2D eigenvalue weighted by atomic mass is 9.86. The zero-order chi connectivity index (χ0) is 14.6. The average molecular weight is 289 g/mol. The van der Waals surface area contributed by atoms with Gasteiger partial charge in [-0.15, -0.1) is 5.10 Å². The first kappa shape index (κ1) is 15.1. The van der Waals surface area contributed by atoms with Crippen LogP contribution in [-0.2, 0) is 12.0 Å². The second-order valence-electron chi connectivity index (χ2n) is 6.05. The summed E-state index contributed by atoms with van der Waals surface area (Å²) in [5.41, 5.74) is 3.69. The molecule has 4 heteroatoms. The lowest BCUT2D eigenvalue weighted by Gasteiger charge is -2.19. The van der Waals surface area contributed by atoms with E-state index in [0.717, 1.165) is 30.8 Å². The van der Waals surface area contributed by atoms with Gasteiger partial charge in [0.05, 0.1) is 4.88 Å². The van der Waals surface area contributed by atoms with E-state index in [9.17, 15) is 0 Å². The molecule has 0 radical (unpaired) electrons. The minimum absolute atomic E-state index is 0.185. The number of nitrogens with one attached hydrogen (secondary N) is 1. The van der Waals surface area contributed by atoms with Gasteiger partial charge in [-0.1, -0.05) is 56.4 Å². The molecule has 1 N–H and O–H groups in total. The van der Waals surface area contributed by atoms with Crippen molar-refractivity contribution < 1.29 is 0 Å². The maximum absolute atomic E-state index is 4.29. The van der Waals surface area contributed by atoms with Gasteiger partial charge in [0.2, 0.25) is 0 Å². The van der Waals surface area contributed by atoms with Crippen LogP contribution in [0.5, 0.6) is 0 Å². The molecule has 0 saturated heterocycles. The van der Waals surface area contributed by atoms with Crippen LogP contribution in [-0.4, -0.2) is 16.1 Å². The summed E-state index contributed by atoms with van der Waals surface area (Å²) in [4.78, 5) is 1.21. The molecule has 0 saturated carbocycles. The minimum Gasteiger partial charge on any atom is -0.312 e. The summed E-state index contributed by atoms with van der Waals surface area (Å²) in [5.74, 6) is 0. The Morgan fingerprint density at radius 2 is 1.85 bits per heavy atom. The highest BCUT2D eigenvalue weighted by atomic mass is 32.1. The van der Waals surface area contributed by atoms with Gasteiger partial charge in [-0.25, -0.2) is 0 Å². The Balaban J connectivity index is 2.18. The molecule has 0 bridgehead atoms. The van der Waals surface area contributed by atoms with E-state index in [-0.39, 0.29) is 5.41 Å². The number of aromatic nitrogens is 2. The first-order valence-corrected chi connectivity index (χ1v) is 7.92. The molecular weight excluding hydrogens is 266 g/mol. The normalized spacial score (nSPS) is 11.8. The molecular formula is C16H23N3S. The summed E-state index contributed by atoms with van der Waals surface area (Å²) in [5, 5.41) is 7.70. The van der Waals surface area contributed by atoms with Crippen molar-refractivity contribution in [2.75, 3.05) is 6.54 Å². The van der Waals surface area contributed by atoms with Gasteiger partial charge < -0.3 is 5.32 Å². The van der Waals surface area contributed by atoms with Crippen molar-refractivity contribution in [2.24, 2.45) is 0 Å². The van der Waals surface area contributed by atoms with Crippen molar-refractivity contribution in [1.82, 2.24) is 14.9 Å². The second-order valence-corrected chi connectivity index (χ2v) is 6.89. The predicted octanol–water partition coefficient (Wildman–Crippen LogP) is 4.00. The maximum atomic E-state index is 4.29. The van der Waals surface area contributed by atoms with Crippen molar-refractivity contribution in [3.05, 3.63) is 34.7 Å². The average Bonchev–Trinajstić information content (AvgIpc) is 2.87. The van der Waals surface area contributed by atoms with Crippen molar-refractivity contribution >= 4 is 11.5 Å². The lowest BCUT2D eigenvalue weighted by molar-refractivity contribution is 0.590. The van der Waals surface area contributed by atoms with Crippen LogP contribution < -0.4 is 5.32 Å². The van der Waals surface area contributed by atoms with Gasteiger partial charge in [-0.3, -0.25) is 0 Å². The summed E-state index contributed by atoms with van der Waals surface area (Å²) in [6, 6.07) is 8.69. The van der Waals surface area contributed by atoms with Crippen LogP contribution >= 0.6 is 11.5 Å². The molecule has 0 amide bonds. The van der Waals surface area contributed by atoms with E-state index >= 15 is 0 Å². The van der Waals surface area contributed by atoms with Crippen molar-refractivity contribution in [3.8, 4) is 11.3 Å². The Kier molecular flexibility index (Phi) is 4.89. The lowest BCUT2D eigenvalue weighted by Crippen LogP contribution is -2.13. The third-order valence-electron chi connectivity index (χ3n) is 3.29. The third-order valence-corrected chi connectivity index (χ3v) is 4.01. The minimum atomic E-state index is 0.185. The molecule has 20 heavy (non-hydrogen) atoms. The Hall–Kier alpha value is -1.26. The smallest absolute Gasteiger partial charge is 0.110 e. The topological polar surface area (TPSA) is 37.8 Å². The van der Waals surface area contributed by atoms with Gasteiger partial charge in [0.1, 0.15) is 5.69 Å². The van der Waals surface area contributed by atoms with E-state index in [1.807, 2.05) is 0 Å². The molecule has 0 spiro atoms. The van der Waals surface area contributed by atoms with Crippen LogP contribution in [0.25, 0.3) is 11.3 Å². The third kappa shape index (κ3) is 3.64. The summed E-state index contributed by atoms with van der Waals surface area (Å²) in [6.45, 7) is 10.7. The Labute approximate surface area is 125 Å². The standard InChI is InChI=1S/C16H23N3S/c1-5-10-17-11-14-15(18-19-20-14)12-6-8-13(9-7-12)16(2,3)4/h6-9,17H,5,10-11H2,1-4H3. The van der Waals surface area contributed by atoms with Gasteiger partial charge in [-0.2, -0.15) is 0 Å². The molecule has 3 nitrogen and oxygen atoms in total. The zero-order valence-electron chi connectivity index (χ0n) is 12.7. The van der Waals surface area contributed by atoms with E-state index in [1.54, 1.807) is 0 Å². The number of benzene rings is 1. The van der Waals surface area contributed by atoms with E-state index in [0.29, 0.717) is 0 Å². The van der Waals surface area contributed by atoms with Crippen LogP contribution in [0.1, 0.15) is 44.6 Å². The molecule has 0 aliphatic carbocycles. The molecule has 2 aromatic rings. The first-order valence-electron chi connectivity index (χ1n) is 7.15. The molecule has 2 rings (SSSR count). The molecule has 0 atom stereocenters. The molecule has 1 aromatic carbocycles. The SMILES string of the molecule is CCCNCc1snnc1-c1ccc(C(C)(C)C)cc1. The molecule has 0 unspecified atom stereocenters. The Morgan fingerprint density at radius 1 is 1.15 bits per heavy atom. The number of nitrogens with zero attached hydrogens (tertiary/aromatic N) is 2. The van der Waals surface area contributed by atoms with Gasteiger partial charge in [0.25, 0.3) is 0 Å². The van der Waals surface area contributed by atoms with Crippen molar-refractivity contribution in [3.63, 3.8) is 0 Å². The highest BCUT2D eigenvalue weighted by Crippen LogP contribution is 2.27. The Bertz CT molecular complexity index is 538. The van der Waals surface area contributed by atoms with E-state index in [1.165, 1.54) is 22.0 Å². The molecule has 0 fully saturated rings. The quantitative estimate of drug-likeness (QED) is 0.845. The fourth-order valence-corrected chi connectivity index (χ4v) is 2.68. The van der Waals surface area contributed by atoms with Crippen LogP contribution in [0.3, 0.4) is 0 Å². The fourth-order valence-electron chi connectivity index (χ4n) is 2.05. The summed E-state index contributed by atoms with van der Waals surface area (Å²) in [7, 11) is 0. The summed E-state index contributed by atoms with van der Waals surface area (Å²) >= 11 is 1.48.